The number of aromatic nitrogens is 1. The Balaban J connectivity index is 1.92. The highest BCUT2D eigenvalue weighted by molar-refractivity contribution is 7.09. The first-order valence-corrected chi connectivity index (χ1v) is 7.78. The van der Waals surface area contributed by atoms with Gasteiger partial charge >= 0.3 is 0 Å². The van der Waals surface area contributed by atoms with E-state index in [0.29, 0.717) is 12.5 Å². The van der Waals surface area contributed by atoms with Crippen molar-refractivity contribution in [1.82, 2.24) is 4.98 Å². The van der Waals surface area contributed by atoms with E-state index in [4.69, 9.17) is 27.9 Å². The maximum absolute atomic E-state index is 6.12. The van der Waals surface area contributed by atoms with Crippen molar-refractivity contribution in [3.05, 3.63) is 44.4 Å². The molecule has 102 valence electrons. The second-order valence-electron chi connectivity index (χ2n) is 4.34. The van der Waals surface area contributed by atoms with Crippen LogP contribution in [0.4, 0.5) is 0 Å². The van der Waals surface area contributed by atoms with Gasteiger partial charge in [0.2, 0.25) is 0 Å². The summed E-state index contributed by atoms with van der Waals surface area (Å²) in [6.07, 6.45) is 0.794. The molecule has 1 heterocycles. The number of halogens is 2. The van der Waals surface area contributed by atoms with Crippen LogP contribution < -0.4 is 4.74 Å². The van der Waals surface area contributed by atoms with Gasteiger partial charge in [-0.2, -0.15) is 0 Å². The van der Waals surface area contributed by atoms with E-state index in [9.17, 15) is 0 Å². The third-order valence-electron chi connectivity index (χ3n) is 2.73. The molecule has 0 spiro atoms. The Morgan fingerprint density at radius 1 is 1.26 bits per heavy atom. The van der Waals surface area contributed by atoms with E-state index in [1.54, 1.807) is 11.3 Å². The normalized spacial score (nSPS) is 10.7. The Morgan fingerprint density at radius 3 is 2.53 bits per heavy atom. The van der Waals surface area contributed by atoms with Crippen LogP contribution in [0, 0.1) is 13.8 Å². The van der Waals surface area contributed by atoms with Gasteiger partial charge in [0.25, 0.3) is 0 Å². The fourth-order valence-corrected chi connectivity index (χ4v) is 2.89. The van der Waals surface area contributed by atoms with Crippen molar-refractivity contribution in [2.45, 2.75) is 26.1 Å². The molecule has 0 atom stereocenters. The summed E-state index contributed by atoms with van der Waals surface area (Å²) >= 11 is 13.5. The number of alkyl halides is 1. The lowest BCUT2D eigenvalue weighted by Crippen LogP contribution is -2.02. The van der Waals surface area contributed by atoms with E-state index in [-0.39, 0.29) is 0 Å². The van der Waals surface area contributed by atoms with Crippen LogP contribution in [0.1, 0.15) is 21.8 Å². The number of thiazole rings is 1. The quantitative estimate of drug-likeness (QED) is 0.741. The van der Waals surface area contributed by atoms with E-state index >= 15 is 0 Å². The van der Waals surface area contributed by atoms with E-state index < -0.39 is 0 Å². The summed E-state index contributed by atoms with van der Waals surface area (Å²) in [5, 5.41) is 3.84. The molecular weight excluding hydrogens is 301 g/mol. The molecule has 0 unspecified atom stereocenters. The van der Waals surface area contributed by atoms with Gasteiger partial charge in [0.15, 0.2) is 0 Å². The van der Waals surface area contributed by atoms with Crippen molar-refractivity contribution in [2.75, 3.05) is 6.61 Å². The molecule has 0 fully saturated rings. The first-order valence-electron chi connectivity index (χ1n) is 5.99. The van der Waals surface area contributed by atoms with Gasteiger partial charge in [0.1, 0.15) is 5.75 Å². The van der Waals surface area contributed by atoms with Crippen molar-refractivity contribution < 1.29 is 4.74 Å². The van der Waals surface area contributed by atoms with Gasteiger partial charge in [0, 0.05) is 16.8 Å². The summed E-state index contributed by atoms with van der Waals surface area (Å²) < 4.78 is 5.74. The SMILES string of the molecule is Cc1cc(OCCc2nc(CCl)cs2)cc(C)c1Cl. The summed E-state index contributed by atoms with van der Waals surface area (Å²) in [5.74, 6) is 1.32. The van der Waals surface area contributed by atoms with Gasteiger partial charge in [0.05, 0.1) is 23.2 Å². The Labute approximate surface area is 127 Å². The molecule has 0 aliphatic rings. The molecule has 0 saturated carbocycles. The molecule has 2 nitrogen and oxygen atoms in total. The van der Waals surface area contributed by atoms with Crippen LogP contribution in [0.3, 0.4) is 0 Å². The van der Waals surface area contributed by atoms with Gasteiger partial charge < -0.3 is 4.74 Å². The molecule has 0 amide bonds. The first kappa shape index (κ1) is 14.6. The molecule has 0 radical (unpaired) electrons. The standard InChI is InChI=1S/C14H15Cl2NOS/c1-9-5-12(6-10(2)14(9)16)18-4-3-13-17-11(7-15)8-19-13/h5-6,8H,3-4,7H2,1-2H3. The van der Waals surface area contributed by atoms with E-state index in [1.807, 2.05) is 31.4 Å². The number of rotatable bonds is 5. The van der Waals surface area contributed by atoms with Crippen molar-refractivity contribution >= 4 is 34.5 Å². The molecule has 0 bridgehead atoms. The highest BCUT2D eigenvalue weighted by Crippen LogP contribution is 2.26. The molecular formula is C14H15Cl2NOS. The third kappa shape index (κ3) is 3.85. The molecule has 0 saturated heterocycles. The summed E-state index contributed by atoms with van der Waals surface area (Å²) in [6, 6.07) is 3.92. The number of hydrogen-bond donors (Lipinski definition) is 0. The lowest BCUT2D eigenvalue weighted by atomic mass is 10.1. The fraction of sp³-hybridized carbons (Fsp3) is 0.357. The molecule has 1 aromatic carbocycles. The van der Waals surface area contributed by atoms with Gasteiger partial charge in [-0.15, -0.1) is 22.9 Å². The molecule has 0 aliphatic heterocycles. The largest absolute Gasteiger partial charge is 0.493 e. The zero-order chi connectivity index (χ0) is 13.8. The van der Waals surface area contributed by atoms with Gasteiger partial charge in [-0.25, -0.2) is 4.98 Å². The number of ether oxygens (including phenoxy) is 1. The first-order chi connectivity index (χ1) is 9.10. The summed E-state index contributed by atoms with van der Waals surface area (Å²) in [6.45, 7) is 4.57. The van der Waals surface area contributed by atoms with Crippen LogP contribution in [-0.4, -0.2) is 11.6 Å². The Bertz CT molecular complexity index is 545. The number of nitrogens with zero attached hydrogens (tertiary/aromatic N) is 1. The molecule has 2 aromatic rings. The van der Waals surface area contributed by atoms with E-state index in [1.165, 1.54) is 0 Å². The Hall–Kier alpha value is -0.770. The predicted octanol–water partition coefficient (Wildman–Crippen LogP) is 4.77. The van der Waals surface area contributed by atoms with E-state index in [0.717, 1.165) is 39.0 Å². The molecule has 2 rings (SSSR count). The van der Waals surface area contributed by atoms with Crippen molar-refractivity contribution in [2.24, 2.45) is 0 Å². The molecule has 1 aromatic heterocycles. The van der Waals surface area contributed by atoms with Crippen molar-refractivity contribution in [1.29, 1.82) is 0 Å². The second-order valence-corrected chi connectivity index (χ2v) is 5.92. The van der Waals surface area contributed by atoms with E-state index in [2.05, 4.69) is 4.98 Å². The van der Waals surface area contributed by atoms with Crippen molar-refractivity contribution in [3.63, 3.8) is 0 Å². The number of aryl methyl sites for hydroxylation is 2. The Morgan fingerprint density at radius 2 is 1.95 bits per heavy atom. The molecule has 0 aliphatic carbocycles. The molecule has 5 heteroatoms. The van der Waals surface area contributed by atoms with Crippen LogP contribution in [0.25, 0.3) is 0 Å². The van der Waals surface area contributed by atoms with Crippen molar-refractivity contribution in [3.8, 4) is 5.75 Å². The second kappa shape index (κ2) is 6.60. The van der Waals surface area contributed by atoms with Crippen LogP contribution in [-0.2, 0) is 12.3 Å². The minimum atomic E-state index is 0.465. The predicted molar refractivity (Wildman–Crippen MR) is 81.8 cm³/mol. The maximum Gasteiger partial charge on any atom is 0.119 e. The van der Waals surface area contributed by atoms with Crippen LogP contribution in [0.5, 0.6) is 5.75 Å². The zero-order valence-corrected chi connectivity index (χ0v) is 13.2. The lowest BCUT2D eigenvalue weighted by Gasteiger charge is -2.09. The van der Waals surface area contributed by atoms with Gasteiger partial charge in [-0.1, -0.05) is 11.6 Å². The number of hydrogen-bond acceptors (Lipinski definition) is 3. The maximum atomic E-state index is 6.12. The summed E-state index contributed by atoms with van der Waals surface area (Å²) in [4.78, 5) is 4.39. The third-order valence-corrected chi connectivity index (χ3v) is 4.56. The zero-order valence-electron chi connectivity index (χ0n) is 10.9. The number of benzene rings is 1. The average molecular weight is 316 g/mol. The fourth-order valence-electron chi connectivity index (χ4n) is 1.77. The molecule has 19 heavy (non-hydrogen) atoms. The average Bonchev–Trinajstić information content (AvgIpc) is 2.84. The Kier molecular flexibility index (Phi) is 5.08. The highest BCUT2D eigenvalue weighted by atomic mass is 35.5. The minimum absolute atomic E-state index is 0.465. The monoisotopic (exact) mass is 315 g/mol. The van der Waals surface area contributed by atoms with Crippen LogP contribution in [0.15, 0.2) is 17.5 Å². The topological polar surface area (TPSA) is 22.1 Å². The van der Waals surface area contributed by atoms with Crippen LogP contribution in [0.2, 0.25) is 5.02 Å². The van der Waals surface area contributed by atoms with Crippen LogP contribution >= 0.6 is 34.5 Å². The summed E-state index contributed by atoms with van der Waals surface area (Å²) in [7, 11) is 0. The highest BCUT2D eigenvalue weighted by Gasteiger charge is 2.05. The smallest absolute Gasteiger partial charge is 0.119 e. The minimum Gasteiger partial charge on any atom is -0.493 e. The van der Waals surface area contributed by atoms with Gasteiger partial charge in [-0.05, 0) is 37.1 Å². The lowest BCUT2D eigenvalue weighted by molar-refractivity contribution is 0.321. The van der Waals surface area contributed by atoms with Gasteiger partial charge in [-0.3, -0.25) is 0 Å². The molecule has 0 N–H and O–H groups in total. The summed E-state index contributed by atoms with van der Waals surface area (Å²) in [5.41, 5.74) is 3.01.